The van der Waals surface area contributed by atoms with Gasteiger partial charge in [0.05, 0.1) is 0 Å². The summed E-state index contributed by atoms with van der Waals surface area (Å²) in [6.07, 6.45) is 2.78. The minimum Gasteiger partial charge on any atom is -0.453 e. The molecule has 0 unspecified atom stereocenters. The largest absolute Gasteiger partial charge is 0.453 e. The van der Waals surface area contributed by atoms with E-state index < -0.39 is 12.6 Å². The van der Waals surface area contributed by atoms with Crippen LogP contribution < -0.4 is 9.80 Å². The van der Waals surface area contributed by atoms with Crippen LogP contribution in [0.15, 0.2) is 54.1 Å². The number of anilines is 2. The van der Waals surface area contributed by atoms with E-state index >= 15 is 0 Å². The Bertz CT molecular complexity index is 1050. The van der Waals surface area contributed by atoms with E-state index in [1.807, 2.05) is 37.2 Å². The van der Waals surface area contributed by atoms with Gasteiger partial charge < -0.3 is 14.5 Å². The molecule has 3 rings (SSSR count). The summed E-state index contributed by atoms with van der Waals surface area (Å²) in [6, 6.07) is 15.8. The topological polar surface area (TPSA) is 90.7 Å². The predicted molar refractivity (Wildman–Crippen MR) is 118 cm³/mol. The quantitative estimate of drug-likeness (QED) is 0.297. The monoisotopic (exact) mass is 417 g/mol. The molecule has 7 heteroatoms. The smallest absolute Gasteiger partial charge is 0.349 e. The van der Waals surface area contributed by atoms with Gasteiger partial charge in [0.2, 0.25) is 5.91 Å². The molecule has 1 aliphatic rings. The highest BCUT2D eigenvalue weighted by Crippen LogP contribution is 2.22. The Morgan fingerprint density at radius 2 is 1.81 bits per heavy atom. The van der Waals surface area contributed by atoms with Crippen molar-refractivity contribution < 1.29 is 19.1 Å². The molecule has 2 aromatic carbocycles. The van der Waals surface area contributed by atoms with E-state index in [0.29, 0.717) is 24.1 Å². The van der Waals surface area contributed by atoms with Crippen molar-refractivity contribution >= 4 is 35.1 Å². The Labute approximate surface area is 181 Å². The highest BCUT2D eigenvalue weighted by atomic mass is 16.5. The lowest BCUT2D eigenvalue weighted by Crippen LogP contribution is -2.23. The van der Waals surface area contributed by atoms with Crippen LogP contribution in [0.3, 0.4) is 0 Å². The van der Waals surface area contributed by atoms with Crippen LogP contribution in [0.25, 0.3) is 6.08 Å². The zero-order valence-corrected chi connectivity index (χ0v) is 17.5. The van der Waals surface area contributed by atoms with Crippen molar-refractivity contribution in [2.75, 3.05) is 37.0 Å². The van der Waals surface area contributed by atoms with Crippen molar-refractivity contribution in [1.82, 2.24) is 0 Å². The van der Waals surface area contributed by atoms with Gasteiger partial charge in [-0.15, -0.1) is 0 Å². The minimum atomic E-state index is -0.855. The van der Waals surface area contributed by atoms with Crippen LogP contribution in [0.2, 0.25) is 0 Å². The van der Waals surface area contributed by atoms with Gasteiger partial charge in [0.15, 0.2) is 12.4 Å². The Balaban J connectivity index is 1.60. The van der Waals surface area contributed by atoms with Crippen LogP contribution in [-0.4, -0.2) is 44.9 Å². The molecule has 0 aromatic heterocycles. The summed E-state index contributed by atoms with van der Waals surface area (Å²) < 4.78 is 5.04. The first-order valence-corrected chi connectivity index (χ1v) is 9.89. The summed E-state index contributed by atoms with van der Waals surface area (Å²) in [6.45, 7) is 0.199. The van der Waals surface area contributed by atoms with Gasteiger partial charge in [-0.3, -0.25) is 9.59 Å². The van der Waals surface area contributed by atoms with E-state index in [0.717, 1.165) is 17.8 Å². The number of Topliss-reactive ketones (excluding diaryl/α,β-unsaturated/α-hetero) is 1. The lowest BCUT2D eigenvalue weighted by Gasteiger charge is -2.15. The molecule has 1 saturated heterocycles. The molecule has 0 N–H and O–H groups in total. The molecular weight excluding hydrogens is 394 g/mol. The van der Waals surface area contributed by atoms with Crippen LogP contribution in [0.1, 0.15) is 28.8 Å². The molecule has 1 aliphatic heterocycles. The normalized spacial score (nSPS) is 13.6. The lowest BCUT2D eigenvalue weighted by atomic mass is 10.1. The van der Waals surface area contributed by atoms with Gasteiger partial charge in [-0.05, 0) is 54.5 Å². The zero-order valence-electron chi connectivity index (χ0n) is 17.5. The molecule has 0 aliphatic carbocycles. The van der Waals surface area contributed by atoms with E-state index in [1.54, 1.807) is 41.3 Å². The summed E-state index contributed by atoms with van der Waals surface area (Å²) >= 11 is 0. The van der Waals surface area contributed by atoms with Crippen molar-refractivity contribution in [3.8, 4) is 6.07 Å². The van der Waals surface area contributed by atoms with Gasteiger partial charge in [-0.1, -0.05) is 12.1 Å². The van der Waals surface area contributed by atoms with Crippen LogP contribution >= 0.6 is 0 Å². The molecule has 0 radical (unpaired) electrons. The molecule has 0 bridgehead atoms. The molecule has 31 heavy (non-hydrogen) atoms. The maximum absolute atomic E-state index is 12.4. The lowest BCUT2D eigenvalue weighted by molar-refractivity contribution is -0.137. The van der Waals surface area contributed by atoms with Crippen molar-refractivity contribution in [2.45, 2.75) is 12.8 Å². The molecule has 0 saturated carbocycles. The molecule has 1 heterocycles. The number of nitrogens with zero attached hydrogens (tertiary/aromatic N) is 3. The Morgan fingerprint density at radius 1 is 1.13 bits per heavy atom. The summed E-state index contributed by atoms with van der Waals surface area (Å²) in [4.78, 5) is 40.0. The van der Waals surface area contributed by atoms with E-state index in [2.05, 4.69) is 0 Å². The number of hydrogen-bond acceptors (Lipinski definition) is 6. The Kier molecular flexibility index (Phi) is 6.83. The molecule has 1 fully saturated rings. The third-order valence-electron chi connectivity index (χ3n) is 4.97. The number of hydrogen-bond donors (Lipinski definition) is 0. The van der Waals surface area contributed by atoms with Crippen molar-refractivity contribution in [1.29, 1.82) is 5.26 Å². The van der Waals surface area contributed by atoms with Crippen LogP contribution in [0.4, 0.5) is 11.4 Å². The van der Waals surface area contributed by atoms with E-state index in [1.165, 1.54) is 6.08 Å². The molecule has 0 spiro atoms. The second-order valence-electron chi connectivity index (χ2n) is 7.35. The molecule has 158 valence electrons. The summed E-state index contributed by atoms with van der Waals surface area (Å²) in [5.74, 6) is -1.17. The number of carbonyl (C=O) groups excluding carboxylic acids is 3. The van der Waals surface area contributed by atoms with Crippen molar-refractivity contribution in [2.24, 2.45) is 0 Å². The number of ether oxygens (including phenoxy) is 1. The number of carbonyl (C=O) groups is 3. The Morgan fingerprint density at radius 3 is 2.35 bits per heavy atom. The van der Waals surface area contributed by atoms with Crippen LogP contribution in [0.5, 0.6) is 0 Å². The number of rotatable bonds is 7. The number of amides is 1. The predicted octanol–water partition coefficient (Wildman–Crippen LogP) is 3.21. The number of benzene rings is 2. The first-order valence-electron chi connectivity index (χ1n) is 9.89. The van der Waals surface area contributed by atoms with E-state index in [9.17, 15) is 19.6 Å². The zero-order chi connectivity index (χ0) is 22.4. The van der Waals surface area contributed by atoms with Gasteiger partial charge >= 0.3 is 5.97 Å². The third kappa shape index (κ3) is 5.37. The number of esters is 1. The highest BCUT2D eigenvalue weighted by molar-refractivity contribution is 6.02. The highest BCUT2D eigenvalue weighted by Gasteiger charge is 2.22. The molecule has 7 nitrogen and oxygen atoms in total. The first-order chi connectivity index (χ1) is 14.9. The SMILES string of the molecule is CN(C)c1ccc(/C=C(\C#N)C(=O)OCC(=O)c2ccc(N3CCCC3=O)cc2)cc1. The maximum Gasteiger partial charge on any atom is 0.349 e. The maximum atomic E-state index is 12.4. The second kappa shape index (κ2) is 9.72. The van der Waals surface area contributed by atoms with Crippen LogP contribution in [-0.2, 0) is 14.3 Å². The average molecular weight is 417 g/mol. The third-order valence-corrected chi connectivity index (χ3v) is 4.97. The minimum absolute atomic E-state index is 0.0696. The molecular formula is C24H23N3O4. The molecule has 0 atom stereocenters. The van der Waals surface area contributed by atoms with E-state index in [-0.39, 0.29) is 17.3 Å². The standard InChI is InChI=1S/C24H23N3O4/c1-26(2)20-9-5-17(6-10-20)14-19(15-25)24(30)31-16-22(28)18-7-11-21(12-8-18)27-13-3-4-23(27)29/h5-12,14H,3-4,13,16H2,1-2H3/b19-14+. The first kappa shape index (κ1) is 21.8. The number of ketones is 1. The second-order valence-corrected chi connectivity index (χ2v) is 7.35. The van der Waals surface area contributed by atoms with E-state index in [4.69, 9.17) is 4.74 Å². The van der Waals surface area contributed by atoms with Gasteiger partial charge in [0, 0.05) is 44.0 Å². The summed E-state index contributed by atoms with van der Waals surface area (Å²) in [5, 5.41) is 9.29. The average Bonchev–Trinajstić information content (AvgIpc) is 3.21. The van der Waals surface area contributed by atoms with Gasteiger partial charge in [-0.2, -0.15) is 5.26 Å². The summed E-state index contributed by atoms with van der Waals surface area (Å²) in [7, 11) is 3.83. The van der Waals surface area contributed by atoms with Gasteiger partial charge in [0.1, 0.15) is 11.6 Å². The van der Waals surface area contributed by atoms with Gasteiger partial charge in [0.25, 0.3) is 0 Å². The summed E-state index contributed by atoms with van der Waals surface area (Å²) in [5.41, 5.74) is 2.59. The molecule has 1 amide bonds. The fourth-order valence-corrected chi connectivity index (χ4v) is 3.21. The number of nitriles is 1. The fourth-order valence-electron chi connectivity index (χ4n) is 3.21. The Hall–Kier alpha value is -3.92. The molecule has 2 aromatic rings. The van der Waals surface area contributed by atoms with Crippen LogP contribution in [0, 0.1) is 11.3 Å². The van der Waals surface area contributed by atoms with Crippen molar-refractivity contribution in [3.05, 3.63) is 65.2 Å². The fraction of sp³-hybridized carbons (Fsp3) is 0.250. The van der Waals surface area contributed by atoms with Gasteiger partial charge in [-0.25, -0.2) is 4.79 Å². The van der Waals surface area contributed by atoms with Crippen molar-refractivity contribution in [3.63, 3.8) is 0 Å².